The zero-order valence-corrected chi connectivity index (χ0v) is 23.3. The molecular formula is C42H28. The van der Waals surface area contributed by atoms with Crippen LogP contribution in [0.2, 0.25) is 0 Å². The van der Waals surface area contributed by atoms with E-state index in [4.69, 9.17) is 0 Å². The molecule has 0 N–H and O–H groups in total. The second kappa shape index (κ2) is 9.16. The van der Waals surface area contributed by atoms with Gasteiger partial charge in [-0.15, -0.1) is 0 Å². The van der Waals surface area contributed by atoms with E-state index in [0.29, 0.717) is 0 Å². The van der Waals surface area contributed by atoms with Crippen LogP contribution in [0.25, 0.3) is 76.5 Å². The van der Waals surface area contributed by atoms with Gasteiger partial charge in [-0.05, 0) is 113 Å². The van der Waals surface area contributed by atoms with Crippen LogP contribution in [0.5, 0.6) is 0 Å². The number of hydrogen-bond donors (Lipinski definition) is 0. The molecule has 0 atom stereocenters. The molecule has 0 bridgehead atoms. The van der Waals surface area contributed by atoms with Gasteiger partial charge in [0.2, 0.25) is 0 Å². The highest BCUT2D eigenvalue weighted by molar-refractivity contribution is 6.21. The Hall–Kier alpha value is -5.20. The molecule has 1 aliphatic carbocycles. The third-order valence-electron chi connectivity index (χ3n) is 9.29. The van der Waals surface area contributed by atoms with E-state index >= 15 is 0 Å². The SMILES string of the molecule is c1ccc2cc(-c3c4ccccc4c(-c4ccc(-c5cc6c7c(cccc7c5)CC6)cc4)c4ccccc34)ccc2c1. The lowest BCUT2D eigenvalue weighted by Crippen LogP contribution is -1.91. The normalized spacial score (nSPS) is 12.6. The smallest absolute Gasteiger partial charge is 0.00262 e. The van der Waals surface area contributed by atoms with Crippen LogP contribution in [0.1, 0.15) is 11.1 Å². The molecule has 8 aromatic rings. The Balaban J connectivity index is 1.24. The lowest BCUT2D eigenvalue weighted by atomic mass is 9.85. The summed E-state index contributed by atoms with van der Waals surface area (Å²) in [5.41, 5.74) is 10.7. The van der Waals surface area contributed by atoms with E-state index in [-0.39, 0.29) is 0 Å². The van der Waals surface area contributed by atoms with Gasteiger partial charge in [0.25, 0.3) is 0 Å². The van der Waals surface area contributed by atoms with Crippen molar-refractivity contribution in [1.82, 2.24) is 0 Å². The number of aryl methyl sites for hydroxylation is 2. The summed E-state index contributed by atoms with van der Waals surface area (Å²) < 4.78 is 0. The van der Waals surface area contributed by atoms with Crippen molar-refractivity contribution in [3.63, 3.8) is 0 Å². The molecule has 0 fully saturated rings. The van der Waals surface area contributed by atoms with E-state index in [2.05, 4.69) is 146 Å². The van der Waals surface area contributed by atoms with Crippen molar-refractivity contribution in [1.29, 1.82) is 0 Å². The zero-order chi connectivity index (χ0) is 27.6. The first-order chi connectivity index (χ1) is 20.8. The first-order valence-corrected chi connectivity index (χ1v) is 14.9. The maximum absolute atomic E-state index is 2.41. The minimum absolute atomic E-state index is 1.14. The number of fused-ring (bicyclic) bond motifs is 3. The summed E-state index contributed by atoms with van der Waals surface area (Å²) in [6, 6.07) is 54.1. The molecule has 0 aliphatic heterocycles. The fourth-order valence-electron chi connectivity index (χ4n) is 7.37. The Morgan fingerprint density at radius 3 is 1.55 bits per heavy atom. The lowest BCUT2D eigenvalue weighted by molar-refractivity contribution is 1.02. The highest BCUT2D eigenvalue weighted by Gasteiger charge is 2.18. The molecule has 0 radical (unpaired) electrons. The van der Waals surface area contributed by atoms with Crippen LogP contribution >= 0.6 is 0 Å². The third kappa shape index (κ3) is 3.55. The Morgan fingerprint density at radius 1 is 0.310 bits per heavy atom. The maximum atomic E-state index is 2.41. The Morgan fingerprint density at radius 2 is 0.833 bits per heavy atom. The average molecular weight is 533 g/mol. The molecule has 0 spiro atoms. The summed E-state index contributed by atoms with van der Waals surface area (Å²) in [6.07, 6.45) is 2.30. The number of rotatable bonds is 3. The van der Waals surface area contributed by atoms with Crippen molar-refractivity contribution in [2.45, 2.75) is 12.8 Å². The van der Waals surface area contributed by atoms with Gasteiger partial charge in [0, 0.05) is 0 Å². The largest absolute Gasteiger partial charge is 0.0616 e. The van der Waals surface area contributed by atoms with Gasteiger partial charge < -0.3 is 0 Å². The van der Waals surface area contributed by atoms with Crippen molar-refractivity contribution in [2.24, 2.45) is 0 Å². The minimum atomic E-state index is 1.14. The molecule has 42 heavy (non-hydrogen) atoms. The first-order valence-electron chi connectivity index (χ1n) is 14.9. The molecule has 0 saturated carbocycles. The van der Waals surface area contributed by atoms with Gasteiger partial charge in [-0.3, -0.25) is 0 Å². The molecule has 9 rings (SSSR count). The molecule has 0 amide bonds. The molecule has 0 aromatic heterocycles. The fourth-order valence-corrected chi connectivity index (χ4v) is 7.37. The lowest BCUT2D eigenvalue weighted by Gasteiger charge is -2.18. The monoisotopic (exact) mass is 532 g/mol. The minimum Gasteiger partial charge on any atom is -0.0616 e. The highest BCUT2D eigenvalue weighted by Crippen LogP contribution is 2.44. The molecule has 0 unspecified atom stereocenters. The molecule has 0 heteroatoms. The van der Waals surface area contributed by atoms with Gasteiger partial charge in [-0.25, -0.2) is 0 Å². The van der Waals surface area contributed by atoms with Crippen molar-refractivity contribution in [2.75, 3.05) is 0 Å². The third-order valence-corrected chi connectivity index (χ3v) is 9.29. The predicted octanol–water partition coefficient (Wildman–Crippen LogP) is 11.4. The number of benzene rings is 8. The van der Waals surface area contributed by atoms with Gasteiger partial charge in [-0.1, -0.05) is 133 Å². The summed E-state index contributed by atoms with van der Waals surface area (Å²) in [6.45, 7) is 0. The average Bonchev–Trinajstić information content (AvgIpc) is 3.47. The van der Waals surface area contributed by atoms with Gasteiger partial charge in [0.15, 0.2) is 0 Å². The zero-order valence-electron chi connectivity index (χ0n) is 23.3. The second-order valence-electron chi connectivity index (χ2n) is 11.6. The molecule has 0 saturated heterocycles. The summed E-state index contributed by atoms with van der Waals surface area (Å²) in [7, 11) is 0. The Labute approximate surface area is 245 Å². The van der Waals surface area contributed by atoms with Crippen molar-refractivity contribution >= 4 is 43.1 Å². The van der Waals surface area contributed by atoms with Crippen LogP contribution < -0.4 is 0 Å². The second-order valence-corrected chi connectivity index (χ2v) is 11.6. The van der Waals surface area contributed by atoms with Crippen LogP contribution in [0.3, 0.4) is 0 Å². The van der Waals surface area contributed by atoms with Crippen molar-refractivity contribution < 1.29 is 0 Å². The predicted molar refractivity (Wildman–Crippen MR) is 180 cm³/mol. The van der Waals surface area contributed by atoms with Gasteiger partial charge in [0.05, 0.1) is 0 Å². The van der Waals surface area contributed by atoms with Crippen molar-refractivity contribution in [3.8, 4) is 33.4 Å². The summed E-state index contributed by atoms with van der Waals surface area (Å²) in [4.78, 5) is 0. The van der Waals surface area contributed by atoms with Crippen LogP contribution in [-0.4, -0.2) is 0 Å². The maximum Gasteiger partial charge on any atom is -0.00262 e. The molecular weight excluding hydrogens is 504 g/mol. The molecule has 0 nitrogen and oxygen atoms in total. The standard InChI is InChI=1S/C42H28/c1-2-9-31-24-34(22-18-27(31)8-1)42-38-14-5-3-12-36(38)41(37-13-4-6-15-39(37)42)30-19-16-28(17-20-30)35-25-32-11-7-10-29-21-23-33(26-35)40(29)32/h1-20,22,24-26H,21,23H2. The first kappa shape index (κ1) is 23.5. The molecule has 196 valence electrons. The summed E-state index contributed by atoms with van der Waals surface area (Å²) >= 11 is 0. The van der Waals surface area contributed by atoms with E-state index in [1.807, 2.05) is 0 Å². The molecule has 0 heterocycles. The van der Waals surface area contributed by atoms with Gasteiger partial charge in [-0.2, -0.15) is 0 Å². The van der Waals surface area contributed by atoms with Crippen molar-refractivity contribution in [3.05, 3.63) is 157 Å². The fraction of sp³-hybridized carbons (Fsp3) is 0.0476. The Bertz CT molecular complexity index is 2280. The van der Waals surface area contributed by atoms with Crippen LogP contribution in [-0.2, 0) is 12.8 Å². The van der Waals surface area contributed by atoms with E-state index in [9.17, 15) is 0 Å². The van der Waals surface area contributed by atoms with Crippen LogP contribution in [0.4, 0.5) is 0 Å². The van der Waals surface area contributed by atoms with E-state index < -0.39 is 0 Å². The topological polar surface area (TPSA) is 0 Å². The number of hydrogen-bond acceptors (Lipinski definition) is 0. The van der Waals surface area contributed by atoms with E-state index in [1.54, 1.807) is 0 Å². The molecule has 1 aliphatic rings. The van der Waals surface area contributed by atoms with Crippen LogP contribution in [0.15, 0.2) is 146 Å². The summed E-state index contributed by atoms with van der Waals surface area (Å²) in [5.74, 6) is 0. The van der Waals surface area contributed by atoms with Crippen LogP contribution in [0, 0.1) is 0 Å². The van der Waals surface area contributed by atoms with Gasteiger partial charge >= 0.3 is 0 Å². The molecule has 8 aromatic carbocycles. The summed E-state index contributed by atoms with van der Waals surface area (Å²) in [5, 5.41) is 10.5. The van der Waals surface area contributed by atoms with E-state index in [0.717, 1.165) is 12.8 Å². The van der Waals surface area contributed by atoms with E-state index in [1.165, 1.54) is 87.6 Å². The van der Waals surface area contributed by atoms with Gasteiger partial charge in [0.1, 0.15) is 0 Å². The Kier molecular flexibility index (Phi) is 5.12. The quantitative estimate of drug-likeness (QED) is 0.199. The highest BCUT2D eigenvalue weighted by atomic mass is 14.2.